The second-order valence-electron chi connectivity index (χ2n) is 7.88. The van der Waals surface area contributed by atoms with Gasteiger partial charge < -0.3 is 9.47 Å². The zero-order valence-electron chi connectivity index (χ0n) is 19.3. The molecule has 0 spiro atoms. The van der Waals surface area contributed by atoms with Crippen LogP contribution in [0.3, 0.4) is 0 Å². The second kappa shape index (κ2) is 10.0. The minimum absolute atomic E-state index is 0.0542. The number of hydrogen-bond donors (Lipinski definition) is 0. The van der Waals surface area contributed by atoms with Crippen molar-refractivity contribution in [2.24, 2.45) is 0 Å². The van der Waals surface area contributed by atoms with Crippen molar-refractivity contribution in [3.8, 4) is 28.7 Å². The molecule has 3 heterocycles. The molecule has 0 aliphatic rings. The van der Waals surface area contributed by atoms with Crippen molar-refractivity contribution < 1.29 is 9.47 Å². The molecule has 3 aromatic heterocycles. The lowest BCUT2D eigenvalue weighted by atomic mass is 10.1. The molecule has 8 nitrogen and oxygen atoms in total. The topological polar surface area (TPSA) is 92.0 Å². The predicted molar refractivity (Wildman–Crippen MR) is 130 cm³/mol. The second-order valence-corrected chi connectivity index (χ2v) is 8.26. The molecule has 1 aromatic carbocycles. The Balaban J connectivity index is 1.65. The monoisotopic (exact) mass is 477 g/mol. The summed E-state index contributed by atoms with van der Waals surface area (Å²) < 4.78 is 12.3. The number of aromatic nitrogens is 5. The first-order valence-corrected chi connectivity index (χ1v) is 11.1. The van der Waals surface area contributed by atoms with Crippen LogP contribution in [0.4, 0.5) is 0 Å². The molecule has 0 saturated heterocycles. The summed E-state index contributed by atoms with van der Waals surface area (Å²) in [6, 6.07) is 14.7. The first-order chi connectivity index (χ1) is 16.4. The van der Waals surface area contributed by atoms with Crippen molar-refractivity contribution in [3.63, 3.8) is 0 Å². The summed E-state index contributed by atoms with van der Waals surface area (Å²) in [6.45, 7) is 5.90. The maximum Gasteiger partial charge on any atom is 0.280 e. The van der Waals surface area contributed by atoms with Crippen LogP contribution < -0.4 is 15.0 Å². The van der Waals surface area contributed by atoms with E-state index in [-0.39, 0.29) is 23.4 Å². The van der Waals surface area contributed by atoms with Gasteiger partial charge >= 0.3 is 0 Å². The molecule has 0 atom stereocenters. The average Bonchev–Trinajstić information content (AvgIpc) is 2.86. The highest BCUT2D eigenvalue weighted by Gasteiger charge is 2.17. The van der Waals surface area contributed by atoms with Crippen LogP contribution in [0.5, 0.6) is 11.8 Å². The Kier molecular flexibility index (Phi) is 6.88. The quantitative estimate of drug-likeness (QED) is 0.379. The van der Waals surface area contributed by atoms with Gasteiger partial charge in [0.15, 0.2) is 5.02 Å². The third-order valence-electron chi connectivity index (χ3n) is 5.10. The van der Waals surface area contributed by atoms with Crippen LogP contribution in [0.1, 0.15) is 37.1 Å². The molecule has 0 aliphatic carbocycles. The van der Waals surface area contributed by atoms with E-state index in [1.165, 1.54) is 11.7 Å². The van der Waals surface area contributed by atoms with Gasteiger partial charge in [-0.3, -0.25) is 9.36 Å². The van der Waals surface area contributed by atoms with Crippen LogP contribution in [0.15, 0.2) is 59.5 Å². The van der Waals surface area contributed by atoms with Gasteiger partial charge in [0, 0.05) is 23.7 Å². The number of rotatable bonds is 7. The van der Waals surface area contributed by atoms with Crippen molar-refractivity contribution in [1.29, 1.82) is 0 Å². The van der Waals surface area contributed by atoms with Gasteiger partial charge in [-0.25, -0.2) is 15.0 Å². The lowest BCUT2D eigenvalue weighted by molar-refractivity contribution is 0.284. The molecule has 0 N–H and O–H groups in total. The Morgan fingerprint density at radius 3 is 2.62 bits per heavy atom. The molecule has 34 heavy (non-hydrogen) atoms. The first kappa shape index (κ1) is 23.4. The third kappa shape index (κ3) is 4.92. The molecule has 0 bridgehead atoms. The van der Waals surface area contributed by atoms with Crippen LogP contribution >= 0.6 is 11.6 Å². The minimum Gasteiger partial charge on any atom is -0.481 e. The highest BCUT2D eigenvalue weighted by Crippen LogP contribution is 2.24. The van der Waals surface area contributed by atoms with Crippen molar-refractivity contribution in [3.05, 3.63) is 87.4 Å². The number of nitrogens with zero attached hydrogens (tertiary/aromatic N) is 5. The largest absolute Gasteiger partial charge is 0.481 e. The Morgan fingerprint density at radius 2 is 1.85 bits per heavy atom. The average molecular weight is 478 g/mol. The Labute approximate surface area is 202 Å². The molecule has 174 valence electrons. The van der Waals surface area contributed by atoms with E-state index in [2.05, 4.69) is 19.9 Å². The van der Waals surface area contributed by atoms with E-state index in [4.69, 9.17) is 21.1 Å². The number of pyridine rings is 1. The predicted octanol–water partition coefficient (Wildman–Crippen LogP) is 4.76. The summed E-state index contributed by atoms with van der Waals surface area (Å²) in [6.07, 6.45) is 1.74. The molecule has 4 rings (SSSR count). The fourth-order valence-electron chi connectivity index (χ4n) is 3.39. The molecule has 4 aromatic rings. The minimum atomic E-state index is -0.425. The molecular formula is C25H24ClN5O3. The van der Waals surface area contributed by atoms with Crippen LogP contribution in [0.25, 0.3) is 16.9 Å². The van der Waals surface area contributed by atoms with Gasteiger partial charge in [-0.1, -0.05) is 43.6 Å². The fourth-order valence-corrected chi connectivity index (χ4v) is 3.57. The molecule has 0 saturated carbocycles. The highest BCUT2D eigenvalue weighted by atomic mass is 35.5. The number of aryl methyl sites for hydroxylation is 1. The summed E-state index contributed by atoms with van der Waals surface area (Å²) in [4.78, 5) is 30.9. The third-order valence-corrected chi connectivity index (χ3v) is 5.43. The van der Waals surface area contributed by atoms with Crippen molar-refractivity contribution in [2.75, 3.05) is 7.11 Å². The maximum atomic E-state index is 13.2. The van der Waals surface area contributed by atoms with Gasteiger partial charge in [0.1, 0.15) is 18.3 Å². The van der Waals surface area contributed by atoms with Crippen molar-refractivity contribution in [2.45, 2.75) is 33.3 Å². The van der Waals surface area contributed by atoms with Crippen LogP contribution in [-0.2, 0) is 6.61 Å². The van der Waals surface area contributed by atoms with E-state index in [1.54, 1.807) is 31.3 Å². The Morgan fingerprint density at radius 1 is 1.06 bits per heavy atom. The molecule has 0 radical (unpaired) electrons. The number of ether oxygens (including phenoxy) is 2. The van der Waals surface area contributed by atoms with Gasteiger partial charge in [-0.2, -0.15) is 4.98 Å². The van der Waals surface area contributed by atoms with Gasteiger partial charge in [-0.15, -0.1) is 0 Å². The standard InChI is InChI=1S/C25H24ClN5O3/c1-15(2)23-27-12-11-20(30-23)17-7-5-9-19(13-17)31-16(3)28-24(22(26)25(31)32)34-14-18-8-6-10-21(29-18)33-4/h5-13,15H,14H2,1-4H3. The van der Waals surface area contributed by atoms with Gasteiger partial charge in [-0.05, 0) is 31.2 Å². The number of methoxy groups -OCH3 is 1. The van der Waals surface area contributed by atoms with Crippen molar-refractivity contribution >= 4 is 11.6 Å². The Bertz CT molecular complexity index is 1390. The van der Waals surface area contributed by atoms with Crippen LogP contribution in [0.2, 0.25) is 5.02 Å². The van der Waals surface area contributed by atoms with Gasteiger partial charge in [0.05, 0.1) is 24.2 Å². The lowest BCUT2D eigenvalue weighted by Crippen LogP contribution is -2.23. The number of hydrogen-bond acceptors (Lipinski definition) is 7. The van der Waals surface area contributed by atoms with E-state index < -0.39 is 5.56 Å². The molecule has 0 fully saturated rings. The summed E-state index contributed by atoms with van der Waals surface area (Å²) >= 11 is 6.37. The molecule has 0 unspecified atom stereocenters. The summed E-state index contributed by atoms with van der Waals surface area (Å²) in [5.74, 6) is 1.92. The lowest BCUT2D eigenvalue weighted by Gasteiger charge is -2.14. The zero-order valence-corrected chi connectivity index (χ0v) is 20.1. The summed E-state index contributed by atoms with van der Waals surface area (Å²) in [5.41, 5.74) is 2.45. The van der Waals surface area contributed by atoms with E-state index >= 15 is 0 Å². The van der Waals surface area contributed by atoms with E-state index in [0.717, 1.165) is 17.1 Å². The molecule has 0 amide bonds. The van der Waals surface area contributed by atoms with E-state index in [9.17, 15) is 4.79 Å². The van der Waals surface area contributed by atoms with Crippen LogP contribution in [-0.4, -0.2) is 31.6 Å². The van der Waals surface area contributed by atoms with E-state index in [0.29, 0.717) is 23.1 Å². The number of halogens is 1. The van der Waals surface area contributed by atoms with E-state index in [1.807, 2.05) is 44.2 Å². The Hall–Kier alpha value is -3.78. The van der Waals surface area contributed by atoms with Crippen LogP contribution in [0, 0.1) is 6.92 Å². The molecular weight excluding hydrogens is 454 g/mol. The molecule has 9 heteroatoms. The SMILES string of the molecule is COc1cccc(COc2nc(C)n(-c3cccc(-c4ccnc(C(C)C)n4)c3)c(=O)c2Cl)n1. The summed E-state index contributed by atoms with van der Waals surface area (Å²) in [5, 5.41) is -0.108. The normalized spacial score (nSPS) is 11.0. The summed E-state index contributed by atoms with van der Waals surface area (Å²) in [7, 11) is 1.54. The highest BCUT2D eigenvalue weighted by molar-refractivity contribution is 6.31. The molecule has 0 aliphatic heterocycles. The van der Waals surface area contributed by atoms with Gasteiger partial charge in [0.2, 0.25) is 11.8 Å². The zero-order chi connectivity index (χ0) is 24.2. The van der Waals surface area contributed by atoms with Crippen molar-refractivity contribution in [1.82, 2.24) is 24.5 Å². The maximum absolute atomic E-state index is 13.2. The number of benzene rings is 1. The first-order valence-electron chi connectivity index (χ1n) is 10.7. The fraction of sp³-hybridized carbons (Fsp3) is 0.240. The smallest absolute Gasteiger partial charge is 0.280 e. The van der Waals surface area contributed by atoms with Gasteiger partial charge in [0.25, 0.3) is 5.56 Å².